The molecule has 0 spiro atoms. The van der Waals surface area contributed by atoms with E-state index >= 15 is 0 Å². The number of hydrogen-bond acceptors (Lipinski definition) is 4. The number of carbonyl (C=O) groups is 1. The van der Waals surface area contributed by atoms with Crippen LogP contribution in [0.3, 0.4) is 0 Å². The number of primary sulfonamides is 1. The number of aryl methyl sites for hydroxylation is 1. The van der Waals surface area contributed by atoms with E-state index in [9.17, 15) is 13.2 Å². The molecule has 1 aliphatic carbocycles. The molecule has 1 aliphatic rings. The van der Waals surface area contributed by atoms with E-state index < -0.39 is 16.0 Å². The number of nitrogens with two attached hydrogens (primary N) is 1. The number of hydrogen-bond donors (Lipinski definition) is 1. The fourth-order valence-corrected chi connectivity index (χ4v) is 3.52. The molecule has 0 atom stereocenters. The molecular weight excluding hydrogens is 290 g/mol. The van der Waals surface area contributed by atoms with Gasteiger partial charge in [-0.2, -0.15) is 0 Å². The van der Waals surface area contributed by atoms with Gasteiger partial charge in [0, 0.05) is 0 Å². The average Bonchev–Trinajstić information content (AvgIpc) is 2.41. The largest absolute Gasteiger partial charge is 0.459 e. The summed E-state index contributed by atoms with van der Waals surface area (Å²) in [5, 5.41) is 5.20. The monoisotopic (exact) mass is 311 g/mol. The molecule has 0 unspecified atom stereocenters. The minimum Gasteiger partial charge on any atom is -0.459 e. The van der Waals surface area contributed by atoms with Crippen LogP contribution in [0.4, 0.5) is 0 Å². The van der Waals surface area contributed by atoms with Crippen molar-refractivity contribution in [3.05, 3.63) is 28.8 Å². The molecule has 0 amide bonds. The van der Waals surface area contributed by atoms with Crippen molar-refractivity contribution in [2.75, 3.05) is 0 Å². The zero-order valence-corrected chi connectivity index (χ0v) is 13.2. The summed E-state index contributed by atoms with van der Waals surface area (Å²) in [6, 6.07) is 2.96. The first-order chi connectivity index (χ1) is 9.79. The third-order valence-corrected chi connectivity index (χ3v) is 5.02. The Kier molecular flexibility index (Phi) is 4.68. The van der Waals surface area contributed by atoms with Gasteiger partial charge in [0.15, 0.2) is 0 Å². The molecule has 0 saturated heterocycles. The average molecular weight is 311 g/mol. The van der Waals surface area contributed by atoms with Gasteiger partial charge in [0.25, 0.3) is 0 Å². The van der Waals surface area contributed by atoms with E-state index in [4.69, 9.17) is 9.88 Å². The van der Waals surface area contributed by atoms with Crippen molar-refractivity contribution in [1.29, 1.82) is 0 Å². The SMILES string of the molecule is Cc1cc(C(=O)OC2CCCCC2)cc(S(N)(=O)=O)c1C. The maximum atomic E-state index is 12.2. The van der Waals surface area contributed by atoms with Crippen LogP contribution in [0.1, 0.15) is 53.6 Å². The zero-order valence-electron chi connectivity index (χ0n) is 12.4. The fraction of sp³-hybridized carbons (Fsp3) is 0.533. The third-order valence-electron chi connectivity index (χ3n) is 3.99. The molecular formula is C15H21NO4S. The number of ether oxygens (including phenoxy) is 1. The Labute approximate surface area is 125 Å². The molecule has 0 radical (unpaired) electrons. The van der Waals surface area contributed by atoms with Gasteiger partial charge in [-0.3, -0.25) is 0 Å². The molecule has 1 saturated carbocycles. The summed E-state index contributed by atoms with van der Waals surface area (Å²) in [5.41, 5.74) is 1.51. The van der Waals surface area contributed by atoms with Gasteiger partial charge in [0.05, 0.1) is 10.5 Å². The Morgan fingerprint density at radius 1 is 1.19 bits per heavy atom. The van der Waals surface area contributed by atoms with E-state index in [1.165, 1.54) is 12.5 Å². The van der Waals surface area contributed by atoms with E-state index in [1.54, 1.807) is 19.9 Å². The molecule has 0 aliphatic heterocycles. The second kappa shape index (κ2) is 6.15. The Morgan fingerprint density at radius 3 is 2.38 bits per heavy atom. The van der Waals surface area contributed by atoms with Gasteiger partial charge in [-0.25, -0.2) is 18.4 Å². The predicted octanol–water partition coefficient (Wildman–Crippen LogP) is 2.44. The fourth-order valence-electron chi connectivity index (χ4n) is 2.64. The highest BCUT2D eigenvalue weighted by atomic mass is 32.2. The number of carbonyl (C=O) groups excluding carboxylic acids is 1. The lowest BCUT2D eigenvalue weighted by Gasteiger charge is -2.22. The molecule has 116 valence electrons. The maximum Gasteiger partial charge on any atom is 0.338 e. The molecule has 0 bridgehead atoms. The lowest BCUT2D eigenvalue weighted by molar-refractivity contribution is 0.0211. The van der Waals surface area contributed by atoms with Crippen molar-refractivity contribution in [3.63, 3.8) is 0 Å². The van der Waals surface area contributed by atoms with E-state index in [-0.39, 0.29) is 16.6 Å². The number of rotatable bonds is 3. The Bertz CT molecular complexity index is 646. The first-order valence-electron chi connectivity index (χ1n) is 7.14. The number of esters is 1. The van der Waals surface area contributed by atoms with Gasteiger partial charge in [-0.05, 0) is 62.8 Å². The highest BCUT2D eigenvalue weighted by Gasteiger charge is 2.22. The van der Waals surface area contributed by atoms with E-state index in [1.807, 2.05) is 0 Å². The molecule has 1 fully saturated rings. The molecule has 1 aromatic carbocycles. The molecule has 1 aromatic rings. The summed E-state index contributed by atoms with van der Waals surface area (Å²) in [4.78, 5) is 12.2. The Morgan fingerprint density at radius 2 is 1.81 bits per heavy atom. The van der Waals surface area contributed by atoms with Crippen LogP contribution >= 0.6 is 0 Å². The summed E-state index contributed by atoms with van der Waals surface area (Å²) in [7, 11) is -3.85. The number of benzene rings is 1. The van der Waals surface area contributed by atoms with E-state index in [0.717, 1.165) is 25.7 Å². The van der Waals surface area contributed by atoms with Crippen molar-refractivity contribution in [2.24, 2.45) is 5.14 Å². The summed E-state index contributed by atoms with van der Waals surface area (Å²) < 4.78 is 28.7. The zero-order chi connectivity index (χ0) is 15.6. The van der Waals surface area contributed by atoms with Gasteiger partial charge in [-0.15, -0.1) is 0 Å². The highest BCUT2D eigenvalue weighted by Crippen LogP contribution is 2.24. The van der Waals surface area contributed by atoms with Crippen molar-refractivity contribution in [3.8, 4) is 0 Å². The minimum atomic E-state index is -3.85. The smallest absolute Gasteiger partial charge is 0.338 e. The van der Waals surface area contributed by atoms with Crippen LogP contribution in [0.2, 0.25) is 0 Å². The van der Waals surface area contributed by atoms with Crippen LogP contribution in [0, 0.1) is 13.8 Å². The quantitative estimate of drug-likeness (QED) is 0.869. The van der Waals surface area contributed by atoms with Crippen LogP contribution in [0.15, 0.2) is 17.0 Å². The summed E-state index contributed by atoms with van der Waals surface area (Å²) in [6.45, 7) is 3.42. The van der Waals surface area contributed by atoms with Crippen molar-refractivity contribution in [1.82, 2.24) is 0 Å². The standard InChI is InChI=1S/C15H21NO4S/c1-10-8-12(9-14(11(10)2)21(16,18)19)15(17)20-13-6-4-3-5-7-13/h8-9,13H,3-7H2,1-2H3,(H2,16,18,19). The molecule has 5 nitrogen and oxygen atoms in total. The highest BCUT2D eigenvalue weighted by molar-refractivity contribution is 7.89. The maximum absolute atomic E-state index is 12.2. The van der Waals surface area contributed by atoms with Crippen LogP contribution in [-0.4, -0.2) is 20.5 Å². The summed E-state index contributed by atoms with van der Waals surface area (Å²) in [6.07, 6.45) is 4.98. The van der Waals surface area contributed by atoms with Gasteiger partial charge < -0.3 is 4.74 Å². The third kappa shape index (κ3) is 3.83. The van der Waals surface area contributed by atoms with Gasteiger partial charge in [0.2, 0.25) is 10.0 Å². The van der Waals surface area contributed by atoms with Gasteiger partial charge in [0.1, 0.15) is 6.10 Å². The molecule has 2 N–H and O–H groups in total. The minimum absolute atomic E-state index is 0.0157. The second-order valence-electron chi connectivity index (χ2n) is 5.63. The molecule has 6 heteroatoms. The summed E-state index contributed by atoms with van der Waals surface area (Å²) in [5.74, 6) is -0.477. The lowest BCUT2D eigenvalue weighted by atomic mass is 9.97. The lowest BCUT2D eigenvalue weighted by Crippen LogP contribution is -2.22. The molecule has 0 heterocycles. The topological polar surface area (TPSA) is 86.5 Å². The van der Waals surface area contributed by atoms with Crippen LogP contribution in [0.5, 0.6) is 0 Å². The Balaban J connectivity index is 2.27. The molecule has 2 rings (SSSR count). The summed E-state index contributed by atoms with van der Waals surface area (Å²) >= 11 is 0. The Hall–Kier alpha value is -1.40. The van der Waals surface area contributed by atoms with Gasteiger partial charge >= 0.3 is 5.97 Å². The first kappa shape index (κ1) is 16.0. The van der Waals surface area contributed by atoms with Crippen molar-refractivity contribution < 1.29 is 17.9 Å². The van der Waals surface area contributed by atoms with Crippen molar-refractivity contribution >= 4 is 16.0 Å². The van der Waals surface area contributed by atoms with Crippen LogP contribution < -0.4 is 5.14 Å². The molecule has 0 aromatic heterocycles. The van der Waals surface area contributed by atoms with Crippen molar-refractivity contribution in [2.45, 2.75) is 57.0 Å². The molecule has 21 heavy (non-hydrogen) atoms. The first-order valence-corrected chi connectivity index (χ1v) is 8.68. The second-order valence-corrected chi connectivity index (χ2v) is 7.16. The number of sulfonamides is 1. The normalized spacial score (nSPS) is 16.7. The van der Waals surface area contributed by atoms with Gasteiger partial charge in [-0.1, -0.05) is 6.42 Å². The van der Waals surface area contributed by atoms with E-state index in [0.29, 0.717) is 11.1 Å². The van der Waals surface area contributed by atoms with Crippen LogP contribution in [0.25, 0.3) is 0 Å². The predicted molar refractivity (Wildman–Crippen MR) is 79.6 cm³/mol. The van der Waals surface area contributed by atoms with Crippen LogP contribution in [-0.2, 0) is 14.8 Å². The van der Waals surface area contributed by atoms with E-state index in [2.05, 4.69) is 0 Å².